The van der Waals surface area contributed by atoms with E-state index in [1.807, 2.05) is 72.1 Å². The molecule has 0 aliphatic carbocycles. The van der Waals surface area contributed by atoms with Crippen molar-refractivity contribution in [3.05, 3.63) is 182 Å². The van der Waals surface area contributed by atoms with E-state index in [1.165, 1.54) is 25.7 Å². The summed E-state index contributed by atoms with van der Waals surface area (Å²) in [7, 11) is 0. The van der Waals surface area contributed by atoms with E-state index < -0.39 is 0 Å². The molecular weight excluding hydrogens is 705 g/mol. The second-order valence-electron chi connectivity index (χ2n) is 13.8. The maximum Gasteiger partial charge on any atom is 0.164 e. The molecule has 11 rings (SSSR count). The standard InChI is InChI=1S/C50H30N4OS/c1-2-11-32(12-3-1)48-52-49(54-50(53-48)35-14-8-13-34(29-35)36-15-10-28-51-30-36)33-24-22-31(23-25-33)37-26-27-39(47-46(37)40-16-4-6-19-42(40)55-47)38-18-9-21-44-45(38)41-17-5-7-20-43(41)56-44/h1-30H. The van der Waals surface area contributed by atoms with Crippen LogP contribution in [0.5, 0.6) is 0 Å². The Morgan fingerprint density at radius 2 is 1.02 bits per heavy atom. The van der Waals surface area contributed by atoms with Gasteiger partial charge in [0.2, 0.25) is 0 Å². The lowest BCUT2D eigenvalue weighted by molar-refractivity contribution is 0.670. The molecule has 7 aromatic carbocycles. The number of rotatable bonds is 6. The van der Waals surface area contributed by atoms with Crippen LogP contribution in [0.3, 0.4) is 0 Å². The molecule has 0 aliphatic heterocycles. The molecule has 0 N–H and O–H groups in total. The van der Waals surface area contributed by atoms with Crippen LogP contribution in [0.25, 0.3) is 110 Å². The highest BCUT2D eigenvalue weighted by Gasteiger charge is 2.20. The van der Waals surface area contributed by atoms with Gasteiger partial charge < -0.3 is 4.42 Å². The topological polar surface area (TPSA) is 64.7 Å². The molecule has 6 heteroatoms. The van der Waals surface area contributed by atoms with Crippen molar-refractivity contribution in [3.63, 3.8) is 0 Å². The van der Waals surface area contributed by atoms with Gasteiger partial charge in [-0.05, 0) is 58.7 Å². The fourth-order valence-electron chi connectivity index (χ4n) is 7.80. The van der Waals surface area contributed by atoms with Crippen LogP contribution in [0, 0.1) is 0 Å². The Morgan fingerprint density at radius 1 is 0.393 bits per heavy atom. The summed E-state index contributed by atoms with van der Waals surface area (Å²) in [4.78, 5) is 19.4. The Bertz CT molecular complexity index is 3240. The van der Waals surface area contributed by atoms with E-state index in [4.69, 9.17) is 19.4 Å². The summed E-state index contributed by atoms with van der Waals surface area (Å²) in [5, 5.41) is 4.73. The molecule has 0 saturated carbocycles. The summed E-state index contributed by atoms with van der Waals surface area (Å²) in [6.07, 6.45) is 3.65. The van der Waals surface area contributed by atoms with Crippen molar-refractivity contribution in [2.24, 2.45) is 0 Å². The summed E-state index contributed by atoms with van der Waals surface area (Å²) < 4.78 is 9.30. The van der Waals surface area contributed by atoms with Crippen LogP contribution in [-0.4, -0.2) is 19.9 Å². The van der Waals surface area contributed by atoms with Crippen molar-refractivity contribution in [1.29, 1.82) is 0 Å². The molecule has 0 radical (unpaired) electrons. The van der Waals surface area contributed by atoms with Crippen LogP contribution in [0.15, 0.2) is 187 Å². The third-order valence-corrected chi connectivity index (χ3v) is 11.6. The lowest BCUT2D eigenvalue weighted by atomic mass is 9.92. The molecule has 0 aliphatic rings. The highest BCUT2D eigenvalue weighted by molar-refractivity contribution is 7.25. The van der Waals surface area contributed by atoms with Crippen LogP contribution in [0.1, 0.15) is 0 Å². The van der Waals surface area contributed by atoms with Crippen LogP contribution in [0.2, 0.25) is 0 Å². The Morgan fingerprint density at radius 3 is 1.84 bits per heavy atom. The van der Waals surface area contributed by atoms with Gasteiger partial charge in [0.1, 0.15) is 11.2 Å². The molecule has 262 valence electrons. The number of fused-ring (bicyclic) bond motifs is 6. The summed E-state index contributed by atoms with van der Waals surface area (Å²) >= 11 is 1.83. The summed E-state index contributed by atoms with van der Waals surface area (Å²) in [5.74, 6) is 1.84. The zero-order valence-corrected chi connectivity index (χ0v) is 30.7. The van der Waals surface area contributed by atoms with Crippen molar-refractivity contribution < 1.29 is 4.42 Å². The molecule has 56 heavy (non-hydrogen) atoms. The highest BCUT2D eigenvalue weighted by atomic mass is 32.1. The number of hydrogen-bond donors (Lipinski definition) is 0. The number of thiophene rings is 1. The maximum absolute atomic E-state index is 6.75. The van der Waals surface area contributed by atoms with Crippen molar-refractivity contribution in [1.82, 2.24) is 19.9 Å². The number of aromatic nitrogens is 4. The molecule has 4 aromatic heterocycles. The first kappa shape index (κ1) is 32.2. The predicted molar refractivity (Wildman–Crippen MR) is 230 cm³/mol. The summed E-state index contributed by atoms with van der Waals surface area (Å²) in [6, 6.07) is 58.9. The van der Waals surface area contributed by atoms with Gasteiger partial charge in [-0.15, -0.1) is 11.3 Å². The van der Waals surface area contributed by atoms with Crippen molar-refractivity contribution in [2.45, 2.75) is 0 Å². The van der Waals surface area contributed by atoms with Crippen molar-refractivity contribution >= 4 is 53.4 Å². The first-order valence-corrected chi connectivity index (χ1v) is 19.3. The number of para-hydroxylation sites is 1. The fraction of sp³-hybridized carbons (Fsp3) is 0. The minimum absolute atomic E-state index is 0.609. The zero-order chi connectivity index (χ0) is 37.0. The minimum Gasteiger partial charge on any atom is -0.455 e. The summed E-state index contributed by atoms with van der Waals surface area (Å²) in [6.45, 7) is 0. The van der Waals surface area contributed by atoms with Crippen LogP contribution in [0.4, 0.5) is 0 Å². The Balaban J connectivity index is 1.04. The van der Waals surface area contributed by atoms with E-state index in [0.717, 1.165) is 66.4 Å². The van der Waals surface area contributed by atoms with Gasteiger partial charge in [-0.1, -0.05) is 133 Å². The SMILES string of the molecule is c1ccc(-c2nc(-c3ccc(-c4ccc(-c5cccc6sc7ccccc7c56)c5oc6ccccc6c45)cc3)nc(-c3cccc(-c4cccnc4)c3)n2)cc1. The van der Waals surface area contributed by atoms with Crippen LogP contribution >= 0.6 is 11.3 Å². The van der Waals surface area contributed by atoms with E-state index in [1.54, 1.807) is 6.20 Å². The molecule has 0 atom stereocenters. The van der Waals surface area contributed by atoms with Gasteiger partial charge in [0.05, 0.1) is 0 Å². The summed E-state index contributed by atoms with van der Waals surface area (Å²) in [5.41, 5.74) is 11.0. The molecule has 0 bridgehead atoms. The second-order valence-corrected chi connectivity index (χ2v) is 14.9. The number of hydrogen-bond acceptors (Lipinski definition) is 6. The third-order valence-electron chi connectivity index (χ3n) is 10.5. The van der Waals surface area contributed by atoms with E-state index >= 15 is 0 Å². The van der Waals surface area contributed by atoms with Crippen molar-refractivity contribution in [3.8, 4) is 67.5 Å². The van der Waals surface area contributed by atoms with Crippen LogP contribution in [-0.2, 0) is 0 Å². The fourth-order valence-corrected chi connectivity index (χ4v) is 8.93. The Hall–Kier alpha value is -7.28. The number of furan rings is 1. The van der Waals surface area contributed by atoms with Gasteiger partial charge in [-0.2, -0.15) is 0 Å². The normalized spacial score (nSPS) is 11.6. The average molecular weight is 735 g/mol. The van der Waals surface area contributed by atoms with Crippen LogP contribution < -0.4 is 0 Å². The predicted octanol–water partition coefficient (Wildman–Crippen LogP) is 13.5. The van der Waals surface area contributed by atoms with E-state index in [0.29, 0.717) is 17.5 Å². The number of benzene rings is 7. The van der Waals surface area contributed by atoms with E-state index in [-0.39, 0.29) is 0 Å². The average Bonchev–Trinajstić information content (AvgIpc) is 3.86. The smallest absolute Gasteiger partial charge is 0.164 e. The van der Waals surface area contributed by atoms with Gasteiger partial charge in [-0.3, -0.25) is 4.98 Å². The quantitative estimate of drug-likeness (QED) is 0.170. The lowest BCUT2D eigenvalue weighted by Gasteiger charge is -2.11. The van der Waals surface area contributed by atoms with Gasteiger partial charge in [-0.25, -0.2) is 15.0 Å². The molecule has 0 unspecified atom stereocenters. The largest absolute Gasteiger partial charge is 0.455 e. The molecular formula is C50H30N4OS. The van der Waals surface area contributed by atoms with E-state index in [9.17, 15) is 0 Å². The third kappa shape index (κ3) is 5.46. The maximum atomic E-state index is 6.75. The lowest BCUT2D eigenvalue weighted by Crippen LogP contribution is -2.00. The molecule has 0 saturated heterocycles. The molecule has 4 heterocycles. The van der Waals surface area contributed by atoms with Gasteiger partial charge in [0, 0.05) is 71.2 Å². The minimum atomic E-state index is 0.609. The Kier molecular flexibility index (Phi) is 7.60. The molecule has 0 fully saturated rings. The Labute approximate surface area is 326 Å². The molecule has 0 amide bonds. The molecule has 0 spiro atoms. The zero-order valence-electron chi connectivity index (χ0n) is 29.9. The first-order chi connectivity index (χ1) is 27.7. The van der Waals surface area contributed by atoms with Crippen molar-refractivity contribution in [2.75, 3.05) is 0 Å². The van der Waals surface area contributed by atoms with Gasteiger partial charge in [0.25, 0.3) is 0 Å². The monoisotopic (exact) mass is 734 g/mol. The highest BCUT2D eigenvalue weighted by Crippen LogP contribution is 2.46. The molecule has 11 aromatic rings. The first-order valence-electron chi connectivity index (χ1n) is 18.5. The van der Waals surface area contributed by atoms with E-state index in [2.05, 4.69) is 120 Å². The molecule has 5 nitrogen and oxygen atoms in total. The number of pyridine rings is 1. The van der Waals surface area contributed by atoms with Gasteiger partial charge in [0.15, 0.2) is 17.5 Å². The number of nitrogens with zero attached hydrogens (tertiary/aromatic N) is 4. The van der Waals surface area contributed by atoms with Gasteiger partial charge >= 0.3 is 0 Å². The second kappa shape index (κ2) is 13.2.